The first-order valence-electron chi connectivity index (χ1n) is 9.77. The Kier molecular flexibility index (Phi) is 5.22. The van der Waals surface area contributed by atoms with E-state index in [2.05, 4.69) is 15.4 Å². The third kappa shape index (κ3) is 3.63. The molecule has 8 nitrogen and oxygen atoms in total. The summed E-state index contributed by atoms with van der Waals surface area (Å²) < 4.78 is 7.32. The van der Waals surface area contributed by atoms with Crippen molar-refractivity contribution >= 4 is 22.8 Å². The fraction of sp³-hybridized carbons (Fsp3) is 0.273. The third-order valence-electron chi connectivity index (χ3n) is 4.80. The highest BCUT2D eigenvalue weighted by Crippen LogP contribution is 2.27. The van der Waals surface area contributed by atoms with E-state index in [0.717, 1.165) is 11.4 Å². The molecule has 0 spiro atoms. The highest BCUT2D eigenvalue weighted by Gasteiger charge is 2.19. The summed E-state index contributed by atoms with van der Waals surface area (Å²) >= 11 is 0. The first-order valence-corrected chi connectivity index (χ1v) is 9.77. The standard InChI is InChI=1S/C22H24N6O2/c1-14(2)28-21-17(13-25-28)16(11-18(26-21)19-8-6-10-30-19)22(29)24-12-15-7-5-9-23-20(15)27(3)4/h5-11,13-14H,12H2,1-4H3,(H,24,29). The van der Waals surface area contributed by atoms with Crippen molar-refractivity contribution in [3.8, 4) is 11.5 Å². The van der Waals surface area contributed by atoms with Crippen LogP contribution in [0.1, 0.15) is 35.8 Å². The molecule has 0 aliphatic rings. The van der Waals surface area contributed by atoms with Crippen molar-refractivity contribution < 1.29 is 9.21 Å². The average molecular weight is 404 g/mol. The number of fused-ring (bicyclic) bond motifs is 1. The number of furan rings is 1. The van der Waals surface area contributed by atoms with Gasteiger partial charge in [0.05, 0.1) is 23.4 Å². The maximum absolute atomic E-state index is 13.2. The predicted molar refractivity (Wildman–Crippen MR) is 115 cm³/mol. The van der Waals surface area contributed by atoms with Crippen LogP contribution in [-0.4, -0.2) is 39.8 Å². The highest BCUT2D eigenvalue weighted by atomic mass is 16.3. The van der Waals surface area contributed by atoms with Gasteiger partial charge in [0, 0.05) is 38.4 Å². The normalized spacial score (nSPS) is 11.2. The zero-order valence-corrected chi connectivity index (χ0v) is 17.5. The van der Waals surface area contributed by atoms with Crippen molar-refractivity contribution in [2.45, 2.75) is 26.4 Å². The number of hydrogen-bond donors (Lipinski definition) is 1. The number of pyridine rings is 2. The molecule has 0 radical (unpaired) electrons. The molecular formula is C22H24N6O2. The third-order valence-corrected chi connectivity index (χ3v) is 4.80. The lowest BCUT2D eigenvalue weighted by Gasteiger charge is -2.16. The van der Waals surface area contributed by atoms with Gasteiger partial charge in [-0.25, -0.2) is 14.6 Å². The molecule has 0 aliphatic heterocycles. The Morgan fingerprint density at radius 1 is 1.27 bits per heavy atom. The summed E-state index contributed by atoms with van der Waals surface area (Å²) in [5, 5.41) is 8.16. The molecule has 8 heteroatoms. The van der Waals surface area contributed by atoms with Gasteiger partial charge in [0.15, 0.2) is 11.4 Å². The number of aromatic nitrogens is 4. The van der Waals surface area contributed by atoms with E-state index in [1.165, 1.54) is 0 Å². The van der Waals surface area contributed by atoms with Crippen LogP contribution in [0, 0.1) is 0 Å². The summed E-state index contributed by atoms with van der Waals surface area (Å²) in [6, 6.07) is 9.29. The van der Waals surface area contributed by atoms with Crippen LogP contribution < -0.4 is 10.2 Å². The number of amides is 1. The molecule has 0 atom stereocenters. The van der Waals surface area contributed by atoms with Gasteiger partial charge in [0.1, 0.15) is 11.5 Å². The lowest BCUT2D eigenvalue weighted by molar-refractivity contribution is 0.0952. The number of carbonyl (C=O) groups excluding carboxylic acids is 1. The second kappa shape index (κ2) is 7.98. The molecule has 0 aromatic carbocycles. The van der Waals surface area contributed by atoms with E-state index in [4.69, 9.17) is 9.40 Å². The van der Waals surface area contributed by atoms with Gasteiger partial charge in [-0.3, -0.25) is 4.79 Å². The number of nitrogens with zero attached hydrogens (tertiary/aromatic N) is 5. The molecule has 4 heterocycles. The summed E-state index contributed by atoms with van der Waals surface area (Å²) in [5.74, 6) is 1.22. The fourth-order valence-electron chi connectivity index (χ4n) is 3.38. The zero-order chi connectivity index (χ0) is 21.3. The van der Waals surface area contributed by atoms with Gasteiger partial charge in [0.25, 0.3) is 5.91 Å². The molecule has 0 saturated carbocycles. The number of carbonyl (C=O) groups is 1. The van der Waals surface area contributed by atoms with Crippen LogP contribution in [0.25, 0.3) is 22.5 Å². The van der Waals surface area contributed by atoms with Crippen LogP contribution in [0.2, 0.25) is 0 Å². The topological polar surface area (TPSA) is 89.1 Å². The molecule has 0 aliphatic carbocycles. The van der Waals surface area contributed by atoms with Crippen LogP contribution >= 0.6 is 0 Å². The van der Waals surface area contributed by atoms with Crippen molar-refractivity contribution in [3.05, 3.63) is 60.1 Å². The SMILES string of the molecule is CC(C)n1ncc2c(C(=O)NCc3cccnc3N(C)C)cc(-c3ccco3)nc21. The summed E-state index contributed by atoms with van der Waals surface area (Å²) in [7, 11) is 3.85. The summed E-state index contributed by atoms with van der Waals surface area (Å²) in [4.78, 5) is 24.2. The predicted octanol–water partition coefficient (Wildman–Crippen LogP) is 3.66. The fourth-order valence-corrected chi connectivity index (χ4v) is 3.38. The summed E-state index contributed by atoms with van der Waals surface area (Å²) in [6.45, 7) is 4.41. The quantitative estimate of drug-likeness (QED) is 0.527. The van der Waals surface area contributed by atoms with Crippen molar-refractivity contribution in [1.82, 2.24) is 25.1 Å². The lowest BCUT2D eigenvalue weighted by atomic mass is 10.1. The molecule has 1 amide bonds. The Balaban J connectivity index is 1.72. The summed E-state index contributed by atoms with van der Waals surface area (Å²) in [6.07, 6.45) is 5.02. The lowest BCUT2D eigenvalue weighted by Crippen LogP contribution is -2.25. The Labute approximate surface area is 174 Å². The first kappa shape index (κ1) is 19.6. The molecule has 30 heavy (non-hydrogen) atoms. The van der Waals surface area contributed by atoms with E-state index >= 15 is 0 Å². The number of nitrogens with one attached hydrogen (secondary N) is 1. The van der Waals surface area contributed by atoms with Gasteiger partial charge in [-0.05, 0) is 38.1 Å². The second-order valence-corrected chi connectivity index (χ2v) is 7.52. The number of hydrogen-bond acceptors (Lipinski definition) is 6. The second-order valence-electron chi connectivity index (χ2n) is 7.52. The van der Waals surface area contributed by atoms with Crippen molar-refractivity contribution in [3.63, 3.8) is 0 Å². The van der Waals surface area contributed by atoms with E-state index in [-0.39, 0.29) is 11.9 Å². The van der Waals surface area contributed by atoms with E-state index < -0.39 is 0 Å². The zero-order valence-electron chi connectivity index (χ0n) is 17.5. The van der Waals surface area contributed by atoms with E-state index in [1.54, 1.807) is 30.8 Å². The minimum Gasteiger partial charge on any atom is -0.463 e. The van der Waals surface area contributed by atoms with Crippen molar-refractivity contribution in [2.75, 3.05) is 19.0 Å². The Morgan fingerprint density at radius 3 is 2.80 bits per heavy atom. The summed E-state index contributed by atoms with van der Waals surface area (Å²) in [5.41, 5.74) is 2.69. The van der Waals surface area contributed by atoms with E-state index in [9.17, 15) is 4.79 Å². The largest absolute Gasteiger partial charge is 0.463 e. The smallest absolute Gasteiger partial charge is 0.252 e. The average Bonchev–Trinajstić information content (AvgIpc) is 3.41. The van der Waals surface area contributed by atoms with Crippen molar-refractivity contribution in [1.29, 1.82) is 0 Å². The van der Waals surface area contributed by atoms with Gasteiger partial charge in [-0.15, -0.1) is 0 Å². The van der Waals surface area contributed by atoms with Crippen molar-refractivity contribution in [2.24, 2.45) is 0 Å². The molecule has 4 aromatic heterocycles. The maximum Gasteiger partial charge on any atom is 0.252 e. The Bertz CT molecular complexity index is 1180. The van der Waals surface area contributed by atoms with Gasteiger partial charge in [0.2, 0.25) is 0 Å². The molecule has 0 unspecified atom stereocenters. The van der Waals surface area contributed by atoms with Gasteiger partial charge in [-0.2, -0.15) is 5.10 Å². The van der Waals surface area contributed by atoms with E-state index in [0.29, 0.717) is 34.6 Å². The van der Waals surface area contributed by atoms with E-state index in [1.807, 2.05) is 55.7 Å². The molecule has 0 saturated heterocycles. The maximum atomic E-state index is 13.2. The van der Waals surface area contributed by atoms with Gasteiger partial charge >= 0.3 is 0 Å². The van der Waals surface area contributed by atoms with Crippen LogP contribution in [-0.2, 0) is 6.54 Å². The molecule has 1 N–H and O–H groups in total. The van der Waals surface area contributed by atoms with Crippen LogP contribution in [0.5, 0.6) is 0 Å². The molecule has 4 rings (SSSR count). The minimum absolute atomic E-state index is 0.107. The number of rotatable bonds is 6. The Hall–Kier alpha value is -3.68. The monoisotopic (exact) mass is 404 g/mol. The molecule has 4 aromatic rings. The highest BCUT2D eigenvalue weighted by molar-refractivity contribution is 6.06. The molecule has 154 valence electrons. The van der Waals surface area contributed by atoms with Gasteiger partial charge in [-0.1, -0.05) is 6.07 Å². The van der Waals surface area contributed by atoms with Crippen LogP contribution in [0.4, 0.5) is 5.82 Å². The molecule has 0 fully saturated rings. The number of anilines is 1. The van der Waals surface area contributed by atoms with Crippen LogP contribution in [0.15, 0.2) is 53.4 Å². The Morgan fingerprint density at radius 2 is 2.10 bits per heavy atom. The molecule has 0 bridgehead atoms. The molecular weight excluding hydrogens is 380 g/mol. The first-order chi connectivity index (χ1) is 14.5. The minimum atomic E-state index is -0.202. The van der Waals surface area contributed by atoms with Crippen LogP contribution in [0.3, 0.4) is 0 Å². The van der Waals surface area contributed by atoms with Gasteiger partial charge < -0.3 is 14.6 Å².